The van der Waals surface area contributed by atoms with Crippen LogP contribution in [-0.4, -0.2) is 53.7 Å². The first kappa shape index (κ1) is 18.9. The highest BCUT2D eigenvalue weighted by molar-refractivity contribution is 5.92. The second-order valence-electron chi connectivity index (χ2n) is 6.85. The van der Waals surface area contributed by atoms with Gasteiger partial charge in [0.1, 0.15) is 17.4 Å². The number of furan rings is 1. The van der Waals surface area contributed by atoms with Gasteiger partial charge >= 0.3 is 0 Å². The number of anilines is 2. The van der Waals surface area contributed by atoms with Crippen LogP contribution >= 0.6 is 0 Å². The molecule has 0 spiro atoms. The number of rotatable bonds is 5. The van der Waals surface area contributed by atoms with Gasteiger partial charge in [-0.3, -0.25) is 15.0 Å². The molecule has 8 nitrogen and oxygen atoms in total. The van der Waals surface area contributed by atoms with Crippen LogP contribution in [0.3, 0.4) is 0 Å². The molecule has 1 amide bonds. The lowest BCUT2D eigenvalue weighted by atomic mass is 10.0. The summed E-state index contributed by atoms with van der Waals surface area (Å²) in [4.78, 5) is 16.6. The van der Waals surface area contributed by atoms with Crippen molar-refractivity contribution >= 4 is 17.6 Å². The smallest absolute Gasteiger partial charge is 0.240 e. The Kier molecular flexibility index (Phi) is 5.72. The van der Waals surface area contributed by atoms with E-state index in [0.717, 1.165) is 37.3 Å². The van der Waals surface area contributed by atoms with E-state index in [1.54, 1.807) is 13.1 Å². The molecular formula is C19H24N6O2. The number of carbonyl (C=O) groups is 1. The molecule has 1 fully saturated rings. The summed E-state index contributed by atoms with van der Waals surface area (Å²) in [5.41, 5.74) is 1.16. The van der Waals surface area contributed by atoms with Crippen LogP contribution in [0.2, 0.25) is 0 Å². The molecule has 3 heterocycles. The maximum Gasteiger partial charge on any atom is 0.240 e. The SMILES string of the molecule is Cc1oc(NC(=O)CN2CCC(N(C)c3cccnn3)CC2)c(C#N)c1C. The highest BCUT2D eigenvalue weighted by Gasteiger charge is 2.25. The molecule has 2 aromatic rings. The van der Waals surface area contributed by atoms with E-state index < -0.39 is 0 Å². The van der Waals surface area contributed by atoms with E-state index in [0.29, 0.717) is 17.4 Å². The van der Waals surface area contributed by atoms with Crippen molar-refractivity contribution in [3.63, 3.8) is 0 Å². The molecule has 0 saturated carbocycles. The summed E-state index contributed by atoms with van der Waals surface area (Å²) in [6.45, 7) is 5.52. The zero-order valence-corrected chi connectivity index (χ0v) is 15.9. The molecule has 0 atom stereocenters. The summed E-state index contributed by atoms with van der Waals surface area (Å²) >= 11 is 0. The lowest BCUT2D eigenvalue weighted by Gasteiger charge is -2.36. The normalized spacial score (nSPS) is 15.3. The van der Waals surface area contributed by atoms with Gasteiger partial charge in [-0.25, -0.2) is 0 Å². The predicted molar refractivity (Wildman–Crippen MR) is 101 cm³/mol. The van der Waals surface area contributed by atoms with E-state index in [2.05, 4.69) is 31.4 Å². The van der Waals surface area contributed by atoms with Gasteiger partial charge in [0.05, 0.1) is 6.54 Å². The van der Waals surface area contributed by atoms with E-state index in [1.807, 2.05) is 26.1 Å². The molecular weight excluding hydrogens is 344 g/mol. The van der Waals surface area contributed by atoms with Crippen molar-refractivity contribution in [2.24, 2.45) is 0 Å². The third kappa shape index (κ3) is 4.26. The van der Waals surface area contributed by atoms with Crippen molar-refractivity contribution in [2.75, 3.05) is 36.9 Å². The van der Waals surface area contributed by atoms with Crippen molar-refractivity contribution < 1.29 is 9.21 Å². The number of piperidine rings is 1. The minimum atomic E-state index is -0.166. The second kappa shape index (κ2) is 8.18. The van der Waals surface area contributed by atoms with Gasteiger partial charge in [-0.05, 0) is 38.8 Å². The first-order chi connectivity index (χ1) is 13.0. The van der Waals surface area contributed by atoms with Gasteiger partial charge in [0.2, 0.25) is 11.8 Å². The fourth-order valence-corrected chi connectivity index (χ4v) is 3.35. The van der Waals surface area contributed by atoms with Gasteiger partial charge in [0, 0.05) is 37.9 Å². The third-order valence-corrected chi connectivity index (χ3v) is 5.14. The van der Waals surface area contributed by atoms with Crippen molar-refractivity contribution in [1.29, 1.82) is 5.26 Å². The Labute approximate surface area is 158 Å². The van der Waals surface area contributed by atoms with E-state index in [9.17, 15) is 10.1 Å². The van der Waals surface area contributed by atoms with Gasteiger partial charge in [-0.1, -0.05) is 0 Å². The number of aromatic nitrogens is 2. The first-order valence-corrected chi connectivity index (χ1v) is 9.02. The molecule has 27 heavy (non-hydrogen) atoms. The number of hydrogen-bond acceptors (Lipinski definition) is 7. The highest BCUT2D eigenvalue weighted by atomic mass is 16.4. The van der Waals surface area contributed by atoms with Gasteiger partial charge in [-0.15, -0.1) is 5.10 Å². The molecule has 0 bridgehead atoms. The maximum atomic E-state index is 12.4. The van der Waals surface area contributed by atoms with Gasteiger partial charge in [-0.2, -0.15) is 10.4 Å². The fraction of sp³-hybridized carbons (Fsp3) is 0.474. The molecule has 0 unspecified atom stereocenters. The van der Waals surface area contributed by atoms with Crippen LogP contribution in [0.25, 0.3) is 0 Å². The first-order valence-electron chi connectivity index (χ1n) is 9.02. The average Bonchev–Trinajstić information content (AvgIpc) is 2.95. The minimum absolute atomic E-state index is 0.166. The number of hydrogen-bond donors (Lipinski definition) is 1. The van der Waals surface area contributed by atoms with Gasteiger partial charge in [0.15, 0.2) is 5.82 Å². The Morgan fingerprint density at radius 1 is 1.44 bits per heavy atom. The molecule has 1 N–H and O–H groups in total. The zero-order chi connectivity index (χ0) is 19.4. The number of amides is 1. The van der Waals surface area contributed by atoms with E-state index in [4.69, 9.17) is 4.42 Å². The molecule has 1 saturated heterocycles. The Bertz CT molecular complexity index is 834. The molecule has 0 radical (unpaired) electrons. The Hall–Kier alpha value is -2.92. The summed E-state index contributed by atoms with van der Waals surface area (Å²) in [6.07, 6.45) is 3.56. The highest BCUT2D eigenvalue weighted by Crippen LogP contribution is 2.25. The van der Waals surface area contributed by atoms with Crippen molar-refractivity contribution in [3.8, 4) is 6.07 Å². The molecule has 3 rings (SSSR count). The largest absolute Gasteiger partial charge is 0.444 e. The van der Waals surface area contributed by atoms with Crippen molar-refractivity contribution in [1.82, 2.24) is 15.1 Å². The van der Waals surface area contributed by atoms with Crippen LogP contribution in [0.1, 0.15) is 29.7 Å². The summed E-state index contributed by atoms with van der Waals surface area (Å²) < 4.78 is 5.50. The number of nitrogens with zero attached hydrogens (tertiary/aromatic N) is 5. The fourth-order valence-electron chi connectivity index (χ4n) is 3.35. The number of likely N-dealkylation sites (tertiary alicyclic amines) is 1. The van der Waals surface area contributed by atoms with E-state index in [1.165, 1.54) is 0 Å². The summed E-state index contributed by atoms with van der Waals surface area (Å²) in [6, 6.07) is 6.30. The van der Waals surface area contributed by atoms with Crippen LogP contribution in [0.5, 0.6) is 0 Å². The molecule has 8 heteroatoms. The van der Waals surface area contributed by atoms with Crippen LogP contribution in [0, 0.1) is 25.2 Å². The number of nitriles is 1. The molecule has 0 aromatic carbocycles. The molecule has 1 aliphatic rings. The van der Waals surface area contributed by atoms with Gasteiger partial charge in [0.25, 0.3) is 0 Å². The second-order valence-corrected chi connectivity index (χ2v) is 6.85. The Morgan fingerprint density at radius 2 is 2.19 bits per heavy atom. The topological polar surface area (TPSA) is 98.3 Å². The third-order valence-electron chi connectivity index (χ3n) is 5.14. The summed E-state index contributed by atoms with van der Waals surface area (Å²) in [7, 11) is 2.03. The summed E-state index contributed by atoms with van der Waals surface area (Å²) in [5, 5.41) is 20.1. The quantitative estimate of drug-likeness (QED) is 0.863. The van der Waals surface area contributed by atoms with E-state index in [-0.39, 0.29) is 18.3 Å². The van der Waals surface area contributed by atoms with Gasteiger partial charge < -0.3 is 9.32 Å². The average molecular weight is 368 g/mol. The number of carbonyl (C=O) groups excluding carboxylic acids is 1. The number of nitrogens with one attached hydrogen (secondary N) is 1. The van der Waals surface area contributed by atoms with Crippen LogP contribution in [0.15, 0.2) is 22.7 Å². The molecule has 2 aromatic heterocycles. The van der Waals surface area contributed by atoms with Crippen LogP contribution in [-0.2, 0) is 4.79 Å². The molecule has 142 valence electrons. The van der Waals surface area contributed by atoms with Crippen LogP contribution < -0.4 is 10.2 Å². The summed E-state index contributed by atoms with van der Waals surface area (Å²) in [5.74, 6) is 1.59. The van der Waals surface area contributed by atoms with Crippen molar-refractivity contribution in [3.05, 3.63) is 35.2 Å². The maximum absolute atomic E-state index is 12.4. The van der Waals surface area contributed by atoms with Crippen molar-refractivity contribution in [2.45, 2.75) is 32.7 Å². The van der Waals surface area contributed by atoms with Crippen LogP contribution in [0.4, 0.5) is 11.7 Å². The Morgan fingerprint density at radius 3 is 2.81 bits per heavy atom. The zero-order valence-electron chi connectivity index (χ0n) is 15.9. The lowest BCUT2D eigenvalue weighted by molar-refractivity contribution is -0.117. The minimum Gasteiger partial charge on any atom is -0.444 e. The lowest BCUT2D eigenvalue weighted by Crippen LogP contribution is -2.46. The molecule has 0 aliphatic carbocycles. The standard InChI is InChI=1S/C19H24N6O2/c1-13-14(2)27-19(16(13)11-20)22-18(26)12-25-9-6-15(7-10-25)24(3)17-5-4-8-21-23-17/h4-5,8,15H,6-7,9-10,12H2,1-3H3,(H,22,26). The predicted octanol–water partition coefficient (Wildman–Crippen LogP) is 2.10. The number of aryl methyl sites for hydroxylation is 1. The van der Waals surface area contributed by atoms with E-state index >= 15 is 0 Å². The molecule has 1 aliphatic heterocycles. The Balaban J connectivity index is 1.51. The monoisotopic (exact) mass is 368 g/mol.